The number of benzene rings is 2. The fraction of sp³-hybridized carbons (Fsp3) is 0.391. The molecule has 2 heterocycles. The quantitative estimate of drug-likeness (QED) is 0.886. The topological polar surface area (TPSA) is 52.7 Å². The standard InChI is InChI=1S/C23H27N3O2/c1-17-9-12-25(13-10-17)23(28)19-6-4-7-20(15-19)24-22(27)16-26-14-11-18-5-2-3-8-21(18)26/h2-8,15,17H,9-14,16H2,1H3,(H,24,27). The molecule has 0 atom stereocenters. The SMILES string of the molecule is CC1CCN(C(=O)c2cccc(NC(=O)CN3CCc4ccccc43)c2)CC1. The third-order valence-corrected chi connectivity index (χ3v) is 5.78. The van der Waals surface area contributed by atoms with Gasteiger partial charge in [0.05, 0.1) is 6.54 Å². The van der Waals surface area contributed by atoms with Crippen molar-refractivity contribution < 1.29 is 9.59 Å². The number of nitrogens with one attached hydrogen (secondary N) is 1. The smallest absolute Gasteiger partial charge is 0.253 e. The number of likely N-dealkylation sites (tertiary alicyclic amines) is 1. The van der Waals surface area contributed by atoms with Gasteiger partial charge in [0, 0.05) is 36.6 Å². The van der Waals surface area contributed by atoms with Gasteiger partial charge in [0.25, 0.3) is 5.91 Å². The molecule has 1 saturated heterocycles. The summed E-state index contributed by atoms with van der Waals surface area (Å²) in [7, 11) is 0. The van der Waals surface area contributed by atoms with Crippen LogP contribution >= 0.6 is 0 Å². The van der Waals surface area contributed by atoms with Gasteiger partial charge in [-0.2, -0.15) is 0 Å². The lowest BCUT2D eigenvalue weighted by Gasteiger charge is -2.30. The number of carbonyl (C=O) groups is 2. The summed E-state index contributed by atoms with van der Waals surface area (Å²) in [5.41, 5.74) is 3.74. The van der Waals surface area contributed by atoms with Crippen molar-refractivity contribution >= 4 is 23.2 Å². The predicted molar refractivity (Wildman–Crippen MR) is 112 cm³/mol. The minimum atomic E-state index is -0.0619. The summed E-state index contributed by atoms with van der Waals surface area (Å²) in [6, 6.07) is 15.5. The largest absolute Gasteiger partial charge is 0.362 e. The highest BCUT2D eigenvalue weighted by Gasteiger charge is 2.23. The average Bonchev–Trinajstić information content (AvgIpc) is 3.11. The Hall–Kier alpha value is -2.82. The summed E-state index contributed by atoms with van der Waals surface area (Å²) in [4.78, 5) is 29.3. The number of nitrogens with zero attached hydrogens (tertiary/aromatic N) is 2. The van der Waals surface area contributed by atoms with Crippen LogP contribution < -0.4 is 10.2 Å². The van der Waals surface area contributed by atoms with Crippen molar-refractivity contribution in [3.8, 4) is 0 Å². The Morgan fingerprint density at radius 2 is 1.82 bits per heavy atom. The van der Waals surface area contributed by atoms with Crippen molar-refractivity contribution in [2.45, 2.75) is 26.2 Å². The minimum absolute atomic E-state index is 0.0523. The van der Waals surface area contributed by atoms with E-state index in [9.17, 15) is 9.59 Å². The highest BCUT2D eigenvalue weighted by molar-refractivity contribution is 5.98. The van der Waals surface area contributed by atoms with E-state index in [2.05, 4.69) is 29.3 Å². The molecule has 146 valence electrons. The zero-order valence-electron chi connectivity index (χ0n) is 16.4. The number of para-hydroxylation sites is 1. The van der Waals surface area contributed by atoms with E-state index in [-0.39, 0.29) is 11.8 Å². The van der Waals surface area contributed by atoms with Gasteiger partial charge in [0.1, 0.15) is 0 Å². The van der Waals surface area contributed by atoms with Crippen molar-refractivity contribution in [1.29, 1.82) is 0 Å². The fourth-order valence-corrected chi connectivity index (χ4v) is 4.07. The van der Waals surface area contributed by atoms with E-state index in [1.54, 1.807) is 6.07 Å². The number of fused-ring (bicyclic) bond motifs is 1. The Bertz CT molecular complexity index is 872. The third-order valence-electron chi connectivity index (χ3n) is 5.78. The Kier molecular flexibility index (Phi) is 5.33. The van der Waals surface area contributed by atoms with Gasteiger partial charge >= 0.3 is 0 Å². The number of amides is 2. The summed E-state index contributed by atoms with van der Waals surface area (Å²) < 4.78 is 0. The predicted octanol–water partition coefficient (Wildman–Crippen LogP) is 3.56. The normalized spacial score (nSPS) is 16.8. The van der Waals surface area contributed by atoms with E-state index in [1.165, 1.54) is 5.56 Å². The molecule has 2 aliphatic rings. The summed E-state index contributed by atoms with van der Waals surface area (Å²) >= 11 is 0. The van der Waals surface area contributed by atoms with Crippen LogP contribution in [0, 0.1) is 5.92 Å². The summed E-state index contributed by atoms with van der Waals surface area (Å²) in [6.45, 7) is 5.03. The highest BCUT2D eigenvalue weighted by atomic mass is 16.2. The molecular weight excluding hydrogens is 350 g/mol. The maximum absolute atomic E-state index is 12.8. The fourth-order valence-electron chi connectivity index (χ4n) is 4.07. The second-order valence-electron chi connectivity index (χ2n) is 7.90. The van der Waals surface area contributed by atoms with Gasteiger partial charge in [-0.25, -0.2) is 0 Å². The van der Waals surface area contributed by atoms with Crippen LogP contribution in [0.5, 0.6) is 0 Å². The summed E-state index contributed by atoms with van der Waals surface area (Å²) in [5.74, 6) is 0.676. The van der Waals surface area contributed by atoms with Gasteiger partial charge in [-0.3, -0.25) is 9.59 Å². The second-order valence-corrected chi connectivity index (χ2v) is 7.90. The molecule has 2 aliphatic heterocycles. The van der Waals surface area contributed by atoms with Crippen molar-refractivity contribution in [2.75, 3.05) is 36.4 Å². The first-order valence-corrected chi connectivity index (χ1v) is 10.1. The molecule has 4 rings (SSSR count). The van der Waals surface area contributed by atoms with Crippen LogP contribution in [-0.4, -0.2) is 42.9 Å². The summed E-state index contributed by atoms with van der Waals surface area (Å²) in [6.07, 6.45) is 3.08. The zero-order chi connectivity index (χ0) is 19.5. The Morgan fingerprint density at radius 3 is 2.64 bits per heavy atom. The van der Waals surface area contributed by atoms with E-state index in [0.29, 0.717) is 23.7 Å². The second kappa shape index (κ2) is 8.05. The van der Waals surface area contributed by atoms with Crippen LogP contribution in [0.25, 0.3) is 0 Å². The molecule has 0 unspecified atom stereocenters. The number of hydrogen-bond acceptors (Lipinski definition) is 3. The Labute approximate surface area is 166 Å². The number of hydrogen-bond donors (Lipinski definition) is 1. The lowest BCUT2D eigenvalue weighted by Crippen LogP contribution is -2.38. The number of anilines is 2. The van der Waals surface area contributed by atoms with E-state index in [1.807, 2.05) is 35.2 Å². The molecule has 0 aromatic heterocycles. The van der Waals surface area contributed by atoms with Crippen LogP contribution in [0.3, 0.4) is 0 Å². The molecule has 0 aliphatic carbocycles. The van der Waals surface area contributed by atoms with Crippen molar-refractivity contribution in [2.24, 2.45) is 5.92 Å². The van der Waals surface area contributed by atoms with E-state index in [0.717, 1.165) is 44.6 Å². The van der Waals surface area contributed by atoms with Crippen LogP contribution in [-0.2, 0) is 11.2 Å². The zero-order valence-corrected chi connectivity index (χ0v) is 16.4. The molecule has 1 fully saturated rings. The number of piperidine rings is 1. The van der Waals surface area contributed by atoms with E-state index in [4.69, 9.17) is 0 Å². The van der Waals surface area contributed by atoms with Crippen LogP contribution in [0.15, 0.2) is 48.5 Å². The molecule has 2 aromatic rings. The molecule has 0 spiro atoms. The molecular formula is C23H27N3O2. The van der Waals surface area contributed by atoms with Gasteiger partial charge in [-0.05, 0) is 55.0 Å². The lowest BCUT2D eigenvalue weighted by atomic mass is 9.98. The van der Waals surface area contributed by atoms with Crippen molar-refractivity contribution in [3.05, 3.63) is 59.7 Å². The van der Waals surface area contributed by atoms with Crippen molar-refractivity contribution in [3.63, 3.8) is 0 Å². The first kappa shape index (κ1) is 18.5. The molecule has 5 heteroatoms. The molecule has 0 saturated carbocycles. The van der Waals surface area contributed by atoms with Gasteiger partial charge in [-0.1, -0.05) is 31.2 Å². The first-order chi connectivity index (χ1) is 13.6. The van der Waals surface area contributed by atoms with E-state index >= 15 is 0 Å². The van der Waals surface area contributed by atoms with Gasteiger partial charge in [-0.15, -0.1) is 0 Å². The molecule has 2 amide bonds. The highest BCUT2D eigenvalue weighted by Crippen LogP contribution is 2.27. The Morgan fingerprint density at radius 1 is 1.04 bits per heavy atom. The molecule has 0 bridgehead atoms. The molecule has 2 aromatic carbocycles. The summed E-state index contributed by atoms with van der Waals surface area (Å²) in [5, 5.41) is 2.95. The van der Waals surface area contributed by atoms with Crippen LogP contribution in [0.2, 0.25) is 0 Å². The number of rotatable bonds is 4. The van der Waals surface area contributed by atoms with Gasteiger partial charge < -0.3 is 15.1 Å². The first-order valence-electron chi connectivity index (χ1n) is 10.1. The van der Waals surface area contributed by atoms with Crippen LogP contribution in [0.4, 0.5) is 11.4 Å². The molecule has 0 radical (unpaired) electrons. The van der Waals surface area contributed by atoms with E-state index < -0.39 is 0 Å². The molecule has 28 heavy (non-hydrogen) atoms. The Balaban J connectivity index is 1.38. The minimum Gasteiger partial charge on any atom is -0.362 e. The van der Waals surface area contributed by atoms with Gasteiger partial charge in [0.2, 0.25) is 5.91 Å². The maximum atomic E-state index is 12.8. The third kappa shape index (κ3) is 4.03. The average molecular weight is 377 g/mol. The number of carbonyl (C=O) groups excluding carboxylic acids is 2. The maximum Gasteiger partial charge on any atom is 0.253 e. The molecule has 5 nitrogen and oxygen atoms in total. The lowest BCUT2D eigenvalue weighted by molar-refractivity contribution is -0.115. The molecule has 1 N–H and O–H groups in total. The van der Waals surface area contributed by atoms with Gasteiger partial charge in [0.15, 0.2) is 0 Å². The van der Waals surface area contributed by atoms with Crippen molar-refractivity contribution in [1.82, 2.24) is 4.90 Å². The van der Waals surface area contributed by atoms with Crippen LogP contribution in [0.1, 0.15) is 35.7 Å². The monoisotopic (exact) mass is 377 g/mol.